The standard InChI is InChI=1S/C20H24N2O5S2/c1-13(2)17-7-5-6-15(4)20(17)21-29(26,27)18-12-16(9-8-14(18)3)22-19(23)10-11-28(22,24)25/h5-9,12-13,21H,10-11H2,1-4H3. The van der Waals surface area contributed by atoms with Crippen molar-refractivity contribution in [3.63, 3.8) is 0 Å². The number of aryl methyl sites for hydroxylation is 2. The molecule has 0 unspecified atom stereocenters. The van der Waals surface area contributed by atoms with E-state index in [1.165, 1.54) is 18.2 Å². The van der Waals surface area contributed by atoms with E-state index >= 15 is 0 Å². The maximum Gasteiger partial charge on any atom is 0.262 e. The topological polar surface area (TPSA) is 101 Å². The van der Waals surface area contributed by atoms with Crippen molar-refractivity contribution in [1.29, 1.82) is 0 Å². The molecule has 1 aliphatic rings. The fourth-order valence-electron chi connectivity index (χ4n) is 3.37. The van der Waals surface area contributed by atoms with Crippen molar-refractivity contribution >= 4 is 37.3 Å². The first-order chi connectivity index (χ1) is 13.4. The number of nitrogens with one attached hydrogen (secondary N) is 1. The minimum absolute atomic E-state index is 0.0346. The lowest BCUT2D eigenvalue weighted by molar-refractivity contribution is -0.116. The van der Waals surface area contributed by atoms with Gasteiger partial charge in [-0.1, -0.05) is 38.1 Å². The molecule has 0 saturated carbocycles. The van der Waals surface area contributed by atoms with Crippen LogP contribution in [0.1, 0.15) is 42.9 Å². The molecular formula is C20H24N2O5S2. The summed E-state index contributed by atoms with van der Waals surface area (Å²) in [6, 6.07) is 9.76. The predicted octanol–water partition coefficient (Wildman–Crippen LogP) is 3.29. The molecule has 1 amide bonds. The first-order valence-electron chi connectivity index (χ1n) is 9.23. The zero-order valence-corrected chi connectivity index (χ0v) is 18.4. The van der Waals surface area contributed by atoms with Crippen LogP contribution in [-0.2, 0) is 24.8 Å². The molecule has 0 radical (unpaired) electrons. The largest absolute Gasteiger partial charge is 0.279 e. The maximum absolute atomic E-state index is 13.2. The first-order valence-corrected chi connectivity index (χ1v) is 12.3. The van der Waals surface area contributed by atoms with E-state index < -0.39 is 26.0 Å². The summed E-state index contributed by atoms with van der Waals surface area (Å²) in [5.41, 5.74) is 2.64. The van der Waals surface area contributed by atoms with Crippen molar-refractivity contribution in [2.24, 2.45) is 0 Å². The van der Waals surface area contributed by atoms with Crippen LogP contribution in [-0.4, -0.2) is 28.5 Å². The smallest absolute Gasteiger partial charge is 0.262 e. The fourth-order valence-corrected chi connectivity index (χ4v) is 6.25. The van der Waals surface area contributed by atoms with Gasteiger partial charge in [-0.15, -0.1) is 0 Å². The van der Waals surface area contributed by atoms with E-state index in [-0.39, 0.29) is 28.7 Å². The molecule has 3 rings (SSSR count). The average molecular weight is 437 g/mol. The molecule has 29 heavy (non-hydrogen) atoms. The Morgan fingerprint density at radius 2 is 1.76 bits per heavy atom. The molecule has 0 aliphatic carbocycles. The summed E-state index contributed by atoms with van der Waals surface area (Å²) < 4.78 is 54.2. The normalized spacial score (nSPS) is 16.4. The van der Waals surface area contributed by atoms with E-state index in [4.69, 9.17) is 0 Å². The molecule has 9 heteroatoms. The number of amides is 1. The molecular weight excluding hydrogens is 412 g/mol. The van der Waals surface area contributed by atoms with Crippen molar-refractivity contribution in [2.45, 2.75) is 44.9 Å². The number of carbonyl (C=O) groups is 1. The summed E-state index contributed by atoms with van der Waals surface area (Å²) in [6.45, 7) is 7.40. The summed E-state index contributed by atoms with van der Waals surface area (Å²) in [7, 11) is -7.79. The second-order valence-corrected chi connectivity index (χ2v) is 11.1. The number of hydrogen-bond acceptors (Lipinski definition) is 5. The molecule has 1 heterocycles. The van der Waals surface area contributed by atoms with E-state index in [1.54, 1.807) is 6.92 Å². The Kier molecular flexibility index (Phi) is 5.48. The number of hydrogen-bond donors (Lipinski definition) is 1. The zero-order valence-electron chi connectivity index (χ0n) is 16.8. The minimum Gasteiger partial charge on any atom is -0.279 e. The molecule has 0 aromatic heterocycles. The molecule has 1 N–H and O–H groups in total. The number of para-hydroxylation sites is 1. The summed E-state index contributed by atoms with van der Waals surface area (Å²) in [6.07, 6.45) is -0.114. The third-order valence-corrected chi connectivity index (χ3v) is 8.12. The Hall–Kier alpha value is -2.39. The van der Waals surface area contributed by atoms with Crippen LogP contribution in [0.2, 0.25) is 0 Å². The quantitative estimate of drug-likeness (QED) is 0.775. The third kappa shape index (κ3) is 4.02. The molecule has 0 spiro atoms. The van der Waals surface area contributed by atoms with Gasteiger partial charge < -0.3 is 0 Å². The SMILES string of the molecule is Cc1ccc(N2C(=O)CCS2(=O)=O)cc1S(=O)(=O)Nc1c(C)cccc1C(C)C. The lowest BCUT2D eigenvalue weighted by atomic mass is 9.99. The molecule has 2 aromatic rings. The van der Waals surface area contributed by atoms with Crippen LogP contribution in [0.3, 0.4) is 0 Å². The Morgan fingerprint density at radius 1 is 1.07 bits per heavy atom. The van der Waals surface area contributed by atoms with Gasteiger partial charge in [-0.2, -0.15) is 0 Å². The van der Waals surface area contributed by atoms with Crippen molar-refractivity contribution in [3.05, 3.63) is 53.1 Å². The van der Waals surface area contributed by atoms with Gasteiger partial charge in [0.2, 0.25) is 15.9 Å². The number of anilines is 2. The van der Waals surface area contributed by atoms with E-state index in [0.29, 0.717) is 15.6 Å². The van der Waals surface area contributed by atoms with Gasteiger partial charge in [-0.25, -0.2) is 21.1 Å². The second-order valence-electron chi connectivity index (χ2n) is 7.47. The lowest BCUT2D eigenvalue weighted by Gasteiger charge is -2.20. The molecule has 7 nitrogen and oxygen atoms in total. The average Bonchev–Trinajstić information content (AvgIpc) is 2.89. The van der Waals surface area contributed by atoms with Gasteiger partial charge in [0, 0.05) is 6.42 Å². The highest BCUT2D eigenvalue weighted by atomic mass is 32.2. The highest BCUT2D eigenvalue weighted by Crippen LogP contribution is 2.32. The van der Waals surface area contributed by atoms with Gasteiger partial charge in [-0.3, -0.25) is 9.52 Å². The predicted molar refractivity (Wildman–Crippen MR) is 113 cm³/mol. The van der Waals surface area contributed by atoms with Crippen molar-refractivity contribution < 1.29 is 21.6 Å². The van der Waals surface area contributed by atoms with Crippen LogP contribution in [0.25, 0.3) is 0 Å². The van der Waals surface area contributed by atoms with Gasteiger partial charge in [0.15, 0.2) is 0 Å². The lowest BCUT2D eigenvalue weighted by Crippen LogP contribution is -2.29. The zero-order chi connectivity index (χ0) is 21.6. The molecule has 2 aromatic carbocycles. The molecule has 1 saturated heterocycles. The Balaban J connectivity index is 2.09. The third-order valence-electron chi connectivity index (χ3n) is 4.94. The summed E-state index contributed by atoms with van der Waals surface area (Å²) in [4.78, 5) is 12.0. The Bertz CT molecular complexity index is 1190. The molecule has 0 bridgehead atoms. The van der Waals surface area contributed by atoms with Gasteiger partial charge in [0.1, 0.15) is 0 Å². The molecule has 1 fully saturated rings. The monoisotopic (exact) mass is 436 g/mol. The van der Waals surface area contributed by atoms with Crippen molar-refractivity contribution in [3.8, 4) is 0 Å². The summed E-state index contributed by atoms with van der Waals surface area (Å²) in [5, 5.41) is 0. The van der Waals surface area contributed by atoms with E-state index in [0.717, 1.165) is 11.1 Å². The van der Waals surface area contributed by atoms with Gasteiger partial charge in [0.05, 0.1) is 22.0 Å². The molecule has 156 valence electrons. The van der Waals surface area contributed by atoms with Crippen LogP contribution in [0.4, 0.5) is 11.4 Å². The van der Waals surface area contributed by atoms with Crippen LogP contribution in [0, 0.1) is 13.8 Å². The fraction of sp³-hybridized carbons (Fsp3) is 0.350. The first kappa shape index (κ1) is 21.3. The number of rotatable bonds is 5. The maximum atomic E-state index is 13.2. The van der Waals surface area contributed by atoms with E-state index in [1.807, 2.05) is 39.0 Å². The van der Waals surface area contributed by atoms with Crippen LogP contribution in [0.15, 0.2) is 41.3 Å². The molecule has 0 atom stereocenters. The van der Waals surface area contributed by atoms with Gasteiger partial charge >= 0.3 is 0 Å². The Morgan fingerprint density at radius 3 is 2.34 bits per heavy atom. The van der Waals surface area contributed by atoms with Crippen molar-refractivity contribution in [2.75, 3.05) is 14.8 Å². The van der Waals surface area contributed by atoms with E-state index in [2.05, 4.69) is 4.72 Å². The highest BCUT2D eigenvalue weighted by molar-refractivity contribution is 7.94. The van der Waals surface area contributed by atoms with Gasteiger partial charge in [-0.05, 0) is 48.6 Å². The minimum atomic E-state index is -4.01. The van der Waals surface area contributed by atoms with Crippen LogP contribution in [0.5, 0.6) is 0 Å². The van der Waals surface area contributed by atoms with E-state index in [9.17, 15) is 21.6 Å². The van der Waals surface area contributed by atoms with Crippen LogP contribution < -0.4 is 9.03 Å². The summed E-state index contributed by atoms with van der Waals surface area (Å²) >= 11 is 0. The number of benzene rings is 2. The highest BCUT2D eigenvalue weighted by Gasteiger charge is 2.37. The number of sulfonamides is 2. The molecule has 1 aliphatic heterocycles. The van der Waals surface area contributed by atoms with Crippen LogP contribution >= 0.6 is 0 Å². The summed E-state index contributed by atoms with van der Waals surface area (Å²) in [5.74, 6) is -0.736. The second kappa shape index (κ2) is 7.46. The number of carbonyl (C=O) groups excluding carboxylic acids is 1. The van der Waals surface area contributed by atoms with Gasteiger partial charge in [0.25, 0.3) is 10.0 Å². The Labute approximate surface area is 171 Å². The number of nitrogens with zero attached hydrogens (tertiary/aromatic N) is 1. The van der Waals surface area contributed by atoms with Crippen molar-refractivity contribution in [1.82, 2.24) is 0 Å².